The van der Waals surface area contributed by atoms with Gasteiger partial charge in [-0.25, -0.2) is 22.6 Å². The molecule has 3 rings (SSSR count). The number of hydrogen-bond acceptors (Lipinski definition) is 5. The minimum absolute atomic E-state index is 0.308. The zero-order valence-electron chi connectivity index (χ0n) is 16.2. The Kier molecular flexibility index (Phi) is 6.03. The highest BCUT2D eigenvalue weighted by Gasteiger charge is 2.50. The maximum Gasteiger partial charge on any atom is 0.425 e. The summed E-state index contributed by atoms with van der Waals surface area (Å²) in [6.07, 6.45) is -10.2. The van der Waals surface area contributed by atoms with Crippen molar-refractivity contribution in [3.8, 4) is 0 Å². The standard InChI is InChI=1S/C19H15F7N4O2/c1-18(6-13(19(24,25)26)32-17(27)30-18)10-4-9(5-11(20)14(10)21)29-16(31)12-3-2-8(7-28-12)15(22)23/h2-5,7,13,15H,6H2,1H3,(H2,27,30)(H,29,31)/t13-,18+/m0/s1. The zero-order valence-corrected chi connectivity index (χ0v) is 16.2. The van der Waals surface area contributed by atoms with E-state index in [0.29, 0.717) is 6.07 Å². The molecule has 3 N–H and O–H groups in total. The zero-order chi connectivity index (χ0) is 23.8. The molecule has 0 radical (unpaired) electrons. The van der Waals surface area contributed by atoms with E-state index in [2.05, 4.69) is 20.0 Å². The Morgan fingerprint density at radius 1 is 1.28 bits per heavy atom. The van der Waals surface area contributed by atoms with E-state index in [1.807, 2.05) is 0 Å². The Balaban J connectivity index is 1.94. The van der Waals surface area contributed by atoms with Gasteiger partial charge in [0.1, 0.15) is 5.69 Å². The number of ether oxygens (including phenoxy) is 1. The lowest BCUT2D eigenvalue weighted by Gasteiger charge is -2.36. The molecule has 2 aromatic rings. The molecule has 0 aliphatic carbocycles. The summed E-state index contributed by atoms with van der Waals surface area (Å²) < 4.78 is 97.9. The van der Waals surface area contributed by atoms with Crippen LogP contribution in [-0.4, -0.2) is 29.2 Å². The summed E-state index contributed by atoms with van der Waals surface area (Å²) >= 11 is 0. The van der Waals surface area contributed by atoms with Crippen LogP contribution in [0.2, 0.25) is 0 Å². The number of halogens is 7. The molecule has 0 spiro atoms. The van der Waals surface area contributed by atoms with Crippen molar-refractivity contribution in [1.82, 2.24) is 4.98 Å². The molecule has 2 atom stereocenters. The number of carbonyl (C=O) groups is 1. The molecule has 172 valence electrons. The molecule has 1 aliphatic heterocycles. The van der Waals surface area contributed by atoms with Crippen LogP contribution in [0.25, 0.3) is 0 Å². The Bertz CT molecular complexity index is 1060. The fourth-order valence-corrected chi connectivity index (χ4v) is 3.13. The third-order valence-corrected chi connectivity index (χ3v) is 4.71. The largest absolute Gasteiger partial charge is 0.452 e. The Labute approximate surface area is 176 Å². The van der Waals surface area contributed by atoms with E-state index in [0.717, 1.165) is 31.3 Å². The van der Waals surface area contributed by atoms with Crippen molar-refractivity contribution in [2.24, 2.45) is 10.7 Å². The second kappa shape index (κ2) is 8.28. The van der Waals surface area contributed by atoms with Gasteiger partial charge in [0, 0.05) is 35.5 Å². The predicted octanol–water partition coefficient (Wildman–Crippen LogP) is 4.43. The van der Waals surface area contributed by atoms with Crippen molar-refractivity contribution in [2.45, 2.75) is 37.6 Å². The second-order valence-corrected chi connectivity index (χ2v) is 7.13. The van der Waals surface area contributed by atoms with E-state index in [1.165, 1.54) is 0 Å². The van der Waals surface area contributed by atoms with Crippen molar-refractivity contribution in [3.05, 3.63) is 58.9 Å². The predicted molar refractivity (Wildman–Crippen MR) is 98.0 cm³/mol. The van der Waals surface area contributed by atoms with E-state index in [4.69, 9.17) is 5.73 Å². The molecule has 2 heterocycles. The topological polar surface area (TPSA) is 89.6 Å². The van der Waals surface area contributed by atoms with E-state index in [1.54, 1.807) is 0 Å². The van der Waals surface area contributed by atoms with Gasteiger partial charge in [-0.1, -0.05) is 0 Å². The molecule has 1 aromatic carbocycles. The SMILES string of the molecule is C[C@]1(c2cc(NC(=O)c3ccc(C(F)F)cn3)cc(F)c2F)C[C@@H](C(F)(F)F)OC(N)=N1. The van der Waals surface area contributed by atoms with E-state index in [9.17, 15) is 35.5 Å². The number of nitrogens with one attached hydrogen (secondary N) is 1. The summed E-state index contributed by atoms with van der Waals surface area (Å²) in [5.41, 5.74) is 1.70. The fourth-order valence-electron chi connectivity index (χ4n) is 3.13. The lowest BCUT2D eigenvalue weighted by atomic mass is 9.85. The summed E-state index contributed by atoms with van der Waals surface area (Å²) in [5, 5.41) is 2.20. The fraction of sp³-hybridized carbons (Fsp3) is 0.316. The number of amidine groups is 1. The van der Waals surface area contributed by atoms with Gasteiger partial charge in [0.05, 0.1) is 5.54 Å². The van der Waals surface area contributed by atoms with Gasteiger partial charge in [0.2, 0.25) is 0 Å². The molecule has 0 bridgehead atoms. The highest BCUT2D eigenvalue weighted by Crippen LogP contribution is 2.41. The van der Waals surface area contributed by atoms with Gasteiger partial charge >= 0.3 is 6.18 Å². The number of carbonyl (C=O) groups excluding carboxylic acids is 1. The Hall–Kier alpha value is -3.38. The van der Waals surface area contributed by atoms with Crippen LogP contribution >= 0.6 is 0 Å². The number of nitrogens with two attached hydrogens (primary N) is 1. The number of hydrogen-bond donors (Lipinski definition) is 2. The number of nitrogens with zero attached hydrogens (tertiary/aromatic N) is 2. The second-order valence-electron chi connectivity index (χ2n) is 7.13. The van der Waals surface area contributed by atoms with Crippen LogP contribution < -0.4 is 11.1 Å². The van der Waals surface area contributed by atoms with Gasteiger partial charge in [0.25, 0.3) is 18.4 Å². The molecule has 0 unspecified atom stereocenters. The van der Waals surface area contributed by atoms with Gasteiger partial charge in [-0.3, -0.25) is 9.78 Å². The first-order valence-electron chi connectivity index (χ1n) is 8.94. The molecule has 0 fully saturated rings. The number of aromatic nitrogens is 1. The summed E-state index contributed by atoms with van der Waals surface area (Å²) in [5.74, 6) is -3.90. The van der Waals surface area contributed by atoms with Crippen molar-refractivity contribution in [2.75, 3.05) is 5.32 Å². The molecule has 1 amide bonds. The lowest BCUT2D eigenvalue weighted by Crippen LogP contribution is -2.46. The third-order valence-electron chi connectivity index (χ3n) is 4.71. The number of alkyl halides is 5. The lowest BCUT2D eigenvalue weighted by molar-refractivity contribution is -0.208. The average molecular weight is 464 g/mol. The highest BCUT2D eigenvalue weighted by atomic mass is 19.4. The molecule has 1 aromatic heterocycles. The van der Waals surface area contributed by atoms with Gasteiger partial charge < -0.3 is 15.8 Å². The van der Waals surface area contributed by atoms with E-state index >= 15 is 0 Å². The molecule has 0 saturated carbocycles. The highest BCUT2D eigenvalue weighted by molar-refractivity contribution is 6.02. The number of anilines is 1. The van der Waals surface area contributed by atoms with Crippen molar-refractivity contribution in [1.29, 1.82) is 0 Å². The van der Waals surface area contributed by atoms with Gasteiger partial charge in [-0.05, 0) is 25.1 Å². The minimum Gasteiger partial charge on any atom is -0.452 e. The maximum atomic E-state index is 14.5. The number of amides is 1. The molecule has 6 nitrogen and oxygen atoms in total. The normalized spacial score (nSPS) is 21.2. The van der Waals surface area contributed by atoms with Crippen LogP contribution in [0, 0.1) is 11.6 Å². The van der Waals surface area contributed by atoms with Gasteiger partial charge in [0.15, 0.2) is 17.7 Å². The van der Waals surface area contributed by atoms with E-state index < -0.39 is 65.4 Å². The van der Waals surface area contributed by atoms with E-state index in [-0.39, 0.29) is 11.4 Å². The van der Waals surface area contributed by atoms with Crippen LogP contribution in [0.1, 0.15) is 41.4 Å². The summed E-state index contributed by atoms with van der Waals surface area (Å²) in [6.45, 7) is 1.11. The van der Waals surface area contributed by atoms with Gasteiger partial charge in [-0.15, -0.1) is 0 Å². The maximum absolute atomic E-state index is 14.5. The number of aliphatic imine (C=N–C) groups is 1. The quantitative estimate of drug-likeness (QED) is 0.656. The van der Waals surface area contributed by atoms with Crippen LogP contribution in [0.3, 0.4) is 0 Å². The number of rotatable bonds is 4. The van der Waals surface area contributed by atoms with Crippen LogP contribution in [0.15, 0.2) is 35.5 Å². The molecule has 1 aliphatic rings. The molecule has 32 heavy (non-hydrogen) atoms. The molecular formula is C19H15F7N4O2. The third kappa shape index (κ3) is 4.75. The first-order valence-corrected chi connectivity index (χ1v) is 8.94. The number of benzene rings is 1. The van der Waals surface area contributed by atoms with Crippen molar-refractivity contribution < 1.29 is 40.3 Å². The summed E-state index contributed by atoms with van der Waals surface area (Å²) in [7, 11) is 0. The minimum atomic E-state index is -4.85. The average Bonchev–Trinajstić information content (AvgIpc) is 2.69. The molecular weight excluding hydrogens is 449 g/mol. The molecule has 0 saturated heterocycles. The summed E-state index contributed by atoms with van der Waals surface area (Å²) in [6, 6.07) is 2.59. The first-order chi connectivity index (χ1) is 14.8. The first kappa shape index (κ1) is 23.3. The smallest absolute Gasteiger partial charge is 0.425 e. The Morgan fingerprint density at radius 3 is 2.53 bits per heavy atom. The monoisotopic (exact) mass is 464 g/mol. The van der Waals surface area contributed by atoms with Crippen LogP contribution in [-0.2, 0) is 10.3 Å². The Morgan fingerprint density at radius 2 is 1.97 bits per heavy atom. The van der Waals surface area contributed by atoms with Gasteiger partial charge in [-0.2, -0.15) is 13.2 Å². The van der Waals surface area contributed by atoms with Crippen molar-refractivity contribution >= 4 is 17.6 Å². The summed E-state index contributed by atoms with van der Waals surface area (Å²) in [4.78, 5) is 19.6. The van der Waals surface area contributed by atoms with Crippen LogP contribution in [0.5, 0.6) is 0 Å². The molecule has 13 heteroatoms. The number of pyridine rings is 1. The van der Waals surface area contributed by atoms with Crippen molar-refractivity contribution in [3.63, 3.8) is 0 Å². The van der Waals surface area contributed by atoms with Crippen LogP contribution in [0.4, 0.5) is 36.4 Å².